The third-order valence-corrected chi connectivity index (χ3v) is 3.42. The Morgan fingerprint density at radius 3 is 2.94 bits per heavy atom. The van der Waals surface area contributed by atoms with Crippen molar-refractivity contribution in [1.29, 1.82) is 0 Å². The molecule has 0 fully saturated rings. The molecule has 0 aliphatic heterocycles. The molecule has 0 radical (unpaired) electrons. The van der Waals surface area contributed by atoms with E-state index in [-0.39, 0.29) is 0 Å². The third-order valence-electron chi connectivity index (χ3n) is 2.44. The maximum Gasteiger partial charge on any atom is 0.220 e. The minimum Gasteiger partial charge on any atom is -0.481 e. The van der Waals surface area contributed by atoms with Crippen LogP contribution in [-0.2, 0) is 7.05 Å². The number of methoxy groups -OCH3 is 1. The van der Waals surface area contributed by atoms with Gasteiger partial charge >= 0.3 is 0 Å². The number of aromatic nitrogens is 3. The number of anilines is 1. The molecule has 0 spiro atoms. The molecule has 0 amide bonds. The fraction of sp³-hybridized carbons (Fsp3) is 0.455. The number of hydrogen-bond donors (Lipinski definition) is 1. The zero-order valence-electron chi connectivity index (χ0n) is 10.4. The van der Waals surface area contributed by atoms with Crippen molar-refractivity contribution in [3.63, 3.8) is 0 Å². The summed E-state index contributed by atoms with van der Waals surface area (Å²) < 4.78 is 7.13. The summed E-state index contributed by atoms with van der Waals surface area (Å²) in [7, 11) is 3.54. The number of nitrogens with zero attached hydrogens (tertiary/aromatic N) is 3. The van der Waals surface area contributed by atoms with Crippen LogP contribution in [0.25, 0.3) is 10.4 Å². The number of thiazole rings is 1. The van der Waals surface area contributed by atoms with Crippen LogP contribution in [-0.4, -0.2) is 28.4 Å². The maximum atomic E-state index is 5.38. The van der Waals surface area contributed by atoms with Crippen LogP contribution in [0.4, 0.5) is 5.13 Å². The molecule has 0 atom stereocenters. The van der Waals surface area contributed by atoms with Crippen LogP contribution < -0.4 is 10.1 Å². The Morgan fingerprint density at radius 1 is 1.53 bits per heavy atom. The predicted octanol–water partition coefficient (Wildman–Crippen LogP) is 2.29. The van der Waals surface area contributed by atoms with Crippen LogP contribution in [0.15, 0.2) is 6.20 Å². The zero-order valence-corrected chi connectivity index (χ0v) is 11.3. The van der Waals surface area contributed by atoms with Crippen molar-refractivity contribution in [1.82, 2.24) is 14.8 Å². The van der Waals surface area contributed by atoms with E-state index in [0.29, 0.717) is 0 Å². The molecule has 0 aromatic carbocycles. The molecule has 2 aromatic rings. The van der Waals surface area contributed by atoms with E-state index >= 15 is 0 Å². The molecule has 0 bridgehead atoms. The Bertz CT molecular complexity index is 518. The first-order chi connectivity index (χ1) is 8.17. The van der Waals surface area contributed by atoms with Gasteiger partial charge in [-0.2, -0.15) is 5.10 Å². The lowest BCUT2D eigenvalue weighted by molar-refractivity contribution is 0.375. The summed E-state index contributed by atoms with van der Waals surface area (Å²) in [6.07, 6.45) is 1.86. The third kappa shape index (κ3) is 2.12. The summed E-state index contributed by atoms with van der Waals surface area (Å²) in [5.41, 5.74) is 1.98. The molecule has 92 valence electrons. The van der Waals surface area contributed by atoms with Crippen LogP contribution in [0.1, 0.15) is 12.6 Å². The van der Waals surface area contributed by atoms with Crippen LogP contribution in [0.5, 0.6) is 5.88 Å². The highest BCUT2D eigenvalue weighted by Crippen LogP contribution is 2.37. The second-order valence-electron chi connectivity index (χ2n) is 3.65. The first-order valence-corrected chi connectivity index (χ1v) is 6.26. The lowest BCUT2D eigenvalue weighted by Crippen LogP contribution is -1.95. The number of nitrogens with one attached hydrogen (secondary N) is 1. The van der Waals surface area contributed by atoms with E-state index < -0.39 is 0 Å². The summed E-state index contributed by atoms with van der Waals surface area (Å²) in [5, 5.41) is 8.49. The quantitative estimate of drug-likeness (QED) is 0.907. The van der Waals surface area contributed by atoms with Crippen molar-refractivity contribution < 1.29 is 4.74 Å². The number of aryl methyl sites for hydroxylation is 2. The van der Waals surface area contributed by atoms with E-state index in [9.17, 15) is 0 Å². The molecule has 2 heterocycles. The van der Waals surface area contributed by atoms with Crippen molar-refractivity contribution in [2.24, 2.45) is 7.05 Å². The molecule has 1 N–H and O–H groups in total. The molecule has 6 heteroatoms. The topological polar surface area (TPSA) is 52.0 Å². The summed E-state index contributed by atoms with van der Waals surface area (Å²) >= 11 is 1.61. The molecule has 17 heavy (non-hydrogen) atoms. The van der Waals surface area contributed by atoms with Crippen LogP contribution in [0.2, 0.25) is 0 Å². The van der Waals surface area contributed by atoms with Gasteiger partial charge in [-0.25, -0.2) is 9.67 Å². The molecular formula is C11H16N4OS. The predicted molar refractivity (Wildman–Crippen MR) is 69.8 cm³/mol. The second kappa shape index (κ2) is 4.75. The van der Waals surface area contributed by atoms with E-state index in [4.69, 9.17) is 4.74 Å². The van der Waals surface area contributed by atoms with Crippen molar-refractivity contribution >= 4 is 16.5 Å². The van der Waals surface area contributed by atoms with E-state index in [2.05, 4.69) is 22.3 Å². The lowest BCUT2D eigenvalue weighted by Gasteiger charge is -2.02. The number of rotatable bonds is 4. The molecule has 2 rings (SSSR count). The fourth-order valence-electron chi connectivity index (χ4n) is 1.78. The maximum absolute atomic E-state index is 5.38. The first kappa shape index (κ1) is 11.9. The van der Waals surface area contributed by atoms with Gasteiger partial charge in [0.1, 0.15) is 0 Å². The van der Waals surface area contributed by atoms with Crippen molar-refractivity contribution in [2.75, 3.05) is 19.0 Å². The number of ether oxygens (including phenoxy) is 1. The summed E-state index contributed by atoms with van der Waals surface area (Å²) in [4.78, 5) is 5.40. The van der Waals surface area contributed by atoms with Gasteiger partial charge in [0.15, 0.2) is 5.13 Å². The van der Waals surface area contributed by atoms with Gasteiger partial charge in [0, 0.05) is 19.8 Å². The van der Waals surface area contributed by atoms with Crippen molar-refractivity contribution in [2.45, 2.75) is 13.8 Å². The highest BCUT2D eigenvalue weighted by Gasteiger charge is 2.18. The normalized spacial score (nSPS) is 10.6. The van der Waals surface area contributed by atoms with E-state index in [1.807, 2.05) is 20.2 Å². The molecule has 0 aliphatic rings. The van der Waals surface area contributed by atoms with Crippen LogP contribution >= 0.6 is 11.3 Å². The Labute approximate surface area is 104 Å². The van der Waals surface area contributed by atoms with Gasteiger partial charge < -0.3 is 10.1 Å². The smallest absolute Gasteiger partial charge is 0.220 e. The molecule has 0 aliphatic carbocycles. The Morgan fingerprint density at radius 2 is 2.29 bits per heavy atom. The summed E-state index contributed by atoms with van der Waals surface area (Å²) in [6, 6.07) is 0. The average molecular weight is 252 g/mol. The second-order valence-corrected chi connectivity index (χ2v) is 4.68. The molecular weight excluding hydrogens is 236 g/mol. The van der Waals surface area contributed by atoms with E-state index in [1.165, 1.54) is 0 Å². The minimum atomic E-state index is 0.772. The monoisotopic (exact) mass is 252 g/mol. The summed E-state index contributed by atoms with van der Waals surface area (Å²) in [6.45, 7) is 4.90. The Balaban J connectivity index is 2.44. The van der Waals surface area contributed by atoms with Gasteiger partial charge in [0.05, 0.1) is 23.2 Å². The lowest BCUT2D eigenvalue weighted by atomic mass is 10.2. The van der Waals surface area contributed by atoms with E-state index in [1.54, 1.807) is 23.1 Å². The highest BCUT2D eigenvalue weighted by molar-refractivity contribution is 7.18. The standard InChI is InChI=1S/C11H16N4OS/c1-5-12-11-13-6-8(17-11)9-7(2)14-15(3)10(9)16-4/h6H,5H2,1-4H3,(H,12,13). The SMILES string of the molecule is CCNc1ncc(-c2c(C)nn(C)c2OC)s1. The van der Waals surface area contributed by atoms with Gasteiger partial charge in [-0.15, -0.1) is 0 Å². The molecule has 0 unspecified atom stereocenters. The Kier molecular flexibility index (Phi) is 3.33. The first-order valence-electron chi connectivity index (χ1n) is 5.45. The van der Waals surface area contributed by atoms with Gasteiger partial charge in [-0.1, -0.05) is 11.3 Å². The van der Waals surface area contributed by atoms with Gasteiger partial charge in [0.2, 0.25) is 5.88 Å². The minimum absolute atomic E-state index is 0.772. The van der Waals surface area contributed by atoms with Gasteiger partial charge in [0.25, 0.3) is 0 Å². The molecule has 2 aromatic heterocycles. The number of hydrogen-bond acceptors (Lipinski definition) is 5. The van der Waals surface area contributed by atoms with Crippen LogP contribution in [0.3, 0.4) is 0 Å². The molecule has 0 saturated carbocycles. The Hall–Kier alpha value is -1.56. The van der Waals surface area contributed by atoms with Gasteiger partial charge in [-0.3, -0.25) is 0 Å². The summed E-state index contributed by atoms with van der Waals surface area (Å²) in [5.74, 6) is 0.772. The van der Waals surface area contributed by atoms with Crippen molar-refractivity contribution in [3.05, 3.63) is 11.9 Å². The molecule has 0 saturated heterocycles. The van der Waals surface area contributed by atoms with E-state index in [0.717, 1.165) is 33.7 Å². The fourth-order valence-corrected chi connectivity index (χ4v) is 2.75. The van der Waals surface area contributed by atoms with Crippen LogP contribution in [0, 0.1) is 6.92 Å². The zero-order chi connectivity index (χ0) is 12.4. The highest BCUT2D eigenvalue weighted by atomic mass is 32.1. The average Bonchev–Trinajstić information content (AvgIpc) is 2.83. The largest absolute Gasteiger partial charge is 0.481 e. The van der Waals surface area contributed by atoms with Crippen molar-refractivity contribution in [3.8, 4) is 16.3 Å². The molecule has 5 nitrogen and oxygen atoms in total. The van der Waals surface area contributed by atoms with Gasteiger partial charge in [-0.05, 0) is 13.8 Å².